The lowest BCUT2D eigenvalue weighted by atomic mass is 9.85. The number of hydrogen-bond donors (Lipinski definition) is 1. The van der Waals surface area contributed by atoms with E-state index in [1.807, 2.05) is 25.1 Å². The monoisotopic (exact) mass is 571 g/mol. The molecule has 0 saturated carbocycles. The van der Waals surface area contributed by atoms with Gasteiger partial charge in [0.05, 0.1) is 23.2 Å². The molecule has 0 aliphatic carbocycles. The number of nitrogens with one attached hydrogen (secondary N) is 1. The number of methoxy groups -OCH3 is 1. The Morgan fingerprint density at radius 1 is 0.951 bits per heavy atom. The normalized spacial score (nSPS) is 13.5. The third-order valence-electron chi connectivity index (χ3n) is 7.03. The summed E-state index contributed by atoms with van der Waals surface area (Å²) in [7, 11) is 1.57. The van der Waals surface area contributed by atoms with Crippen molar-refractivity contribution in [1.29, 1.82) is 0 Å². The predicted octanol–water partition coefficient (Wildman–Crippen LogP) is 8.87. The predicted molar refractivity (Wildman–Crippen MR) is 162 cm³/mol. The zero-order valence-corrected chi connectivity index (χ0v) is 24.4. The number of fused-ring (bicyclic) bond motifs is 1. The van der Waals surface area contributed by atoms with Crippen LogP contribution in [-0.4, -0.2) is 18.6 Å². The van der Waals surface area contributed by atoms with Crippen molar-refractivity contribution in [2.45, 2.75) is 39.8 Å². The van der Waals surface area contributed by atoms with Gasteiger partial charge in [0.15, 0.2) is 0 Å². The van der Waals surface area contributed by atoms with Crippen molar-refractivity contribution in [3.05, 3.63) is 112 Å². The minimum atomic E-state index is -0.562. The number of aryl methyl sites for hydroxylation is 1. The van der Waals surface area contributed by atoms with E-state index in [9.17, 15) is 9.18 Å². The highest BCUT2D eigenvalue weighted by Crippen LogP contribution is 2.43. The maximum atomic E-state index is 14.0. The second kappa shape index (κ2) is 11.3. The molecule has 4 aromatic carbocycles. The number of esters is 1. The van der Waals surface area contributed by atoms with Crippen LogP contribution in [0.15, 0.2) is 78.9 Å². The summed E-state index contributed by atoms with van der Waals surface area (Å²) < 4.78 is 31.7. The highest BCUT2D eigenvalue weighted by atomic mass is 35.5. The van der Waals surface area contributed by atoms with Crippen molar-refractivity contribution >= 4 is 28.8 Å². The van der Waals surface area contributed by atoms with Crippen LogP contribution in [0.25, 0.3) is 16.7 Å². The van der Waals surface area contributed by atoms with E-state index >= 15 is 0 Å². The molecule has 0 saturated heterocycles. The topological polar surface area (TPSA) is 56.8 Å². The van der Waals surface area contributed by atoms with Gasteiger partial charge in [0.25, 0.3) is 0 Å². The van der Waals surface area contributed by atoms with Crippen molar-refractivity contribution in [3.8, 4) is 28.4 Å². The molecule has 0 bridgehead atoms. The van der Waals surface area contributed by atoms with Gasteiger partial charge in [-0.15, -0.1) is 0 Å². The van der Waals surface area contributed by atoms with Crippen molar-refractivity contribution in [2.24, 2.45) is 0 Å². The summed E-state index contributed by atoms with van der Waals surface area (Å²) in [6, 6.07) is 20.6. The molecule has 5 nitrogen and oxygen atoms in total. The molecular weight excluding hydrogens is 541 g/mol. The molecule has 7 heteroatoms. The SMILES string of the molecule is COc1cc(OC(=O)c2ccccc2Cl)ccc1-c1ccc2c(c1COc1cc(F)ccc1C)C(C)=CC(C)(C)N2. The van der Waals surface area contributed by atoms with Crippen molar-refractivity contribution in [1.82, 2.24) is 0 Å². The maximum Gasteiger partial charge on any atom is 0.345 e. The van der Waals surface area contributed by atoms with Crippen LogP contribution < -0.4 is 19.5 Å². The van der Waals surface area contributed by atoms with Crippen LogP contribution in [0.5, 0.6) is 17.2 Å². The van der Waals surface area contributed by atoms with Crippen LogP contribution in [0.4, 0.5) is 10.1 Å². The van der Waals surface area contributed by atoms with E-state index in [4.69, 9.17) is 25.8 Å². The first-order chi connectivity index (χ1) is 19.6. The first-order valence-electron chi connectivity index (χ1n) is 13.2. The van der Waals surface area contributed by atoms with Gasteiger partial charge in [-0.2, -0.15) is 0 Å². The molecule has 1 aliphatic heterocycles. The third kappa shape index (κ3) is 5.93. The molecule has 0 aromatic heterocycles. The summed E-state index contributed by atoms with van der Waals surface area (Å²) >= 11 is 6.18. The summed E-state index contributed by atoms with van der Waals surface area (Å²) in [4.78, 5) is 12.8. The van der Waals surface area contributed by atoms with Gasteiger partial charge in [-0.25, -0.2) is 9.18 Å². The third-order valence-corrected chi connectivity index (χ3v) is 7.36. The molecule has 0 unspecified atom stereocenters. The number of carbonyl (C=O) groups is 1. The van der Waals surface area contributed by atoms with Gasteiger partial charge in [0.1, 0.15) is 29.7 Å². The molecule has 0 amide bonds. The molecule has 1 aliphatic rings. The molecule has 0 fully saturated rings. The van der Waals surface area contributed by atoms with Crippen LogP contribution in [0, 0.1) is 12.7 Å². The number of benzene rings is 4. The van der Waals surface area contributed by atoms with Crippen molar-refractivity contribution < 1.29 is 23.4 Å². The zero-order chi connectivity index (χ0) is 29.3. The van der Waals surface area contributed by atoms with Crippen LogP contribution in [0.1, 0.15) is 47.8 Å². The van der Waals surface area contributed by atoms with E-state index in [0.29, 0.717) is 22.3 Å². The maximum absolute atomic E-state index is 14.0. The molecule has 5 rings (SSSR count). The minimum Gasteiger partial charge on any atom is -0.496 e. The van der Waals surface area contributed by atoms with Gasteiger partial charge in [-0.3, -0.25) is 0 Å². The number of halogens is 2. The summed E-state index contributed by atoms with van der Waals surface area (Å²) in [6.07, 6.45) is 2.19. The van der Waals surface area contributed by atoms with E-state index in [2.05, 4.69) is 32.2 Å². The highest BCUT2D eigenvalue weighted by molar-refractivity contribution is 6.33. The van der Waals surface area contributed by atoms with Gasteiger partial charge in [0.2, 0.25) is 0 Å². The number of anilines is 1. The van der Waals surface area contributed by atoms with Gasteiger partial charge in [-0.05, 0) is 80.8 Å². The molecule has 0 radical (unpaired) electrons. The van der Waals surface area contributed by atoms with Gasteiger partial charge in [0, 0.05) is 34.5 Å². The first kappa shape index (κ1) is 28.2. The van der Waals surface area contributed by atoms with Crippen LogP contribution in [-0.2, 0) is 6.61 Å². The van der Waals surface area contributed by atoms with Crippen molar-refractivity contribution in [3.63, 3.8) is 0 Å². The largest absolute Gasteiger partial charge is 0.496 e. The lowest BCUT2D eigenvalue weighted by Crippen LogP contribution is -2.32. The molecule has 4 aromatic rings. The molecule has 41 heavy (non-hydrogen) atoms. The highest BCUT2D eigenvalue weighted by Gasteiger charge is 2.27. The Labute approximate surface area is 244 Å². The molecule has 210 valence electrons. The molecule has 0 atom stereocenters. The van der Waals surface area contributed by atoms with E-state index in [0.717, 1.165) is 39.1 Å². The zero-order valence-electron chi connectivity index (χ0n) is 23.6. The van der Waals surface area contributed by atoms with Gasteiger partial charge >= 0.3 is 5.97 Å². The van der Waals surface area contributed by atoms with Gasteiger partial charge in [-0.1, -0.05) is 41.9 Å². The Bertz CT molecular complexity index is 1680. The quantitative estimate of drug-likeness (QED) is 0.177. The number of allylic oxidation sites excluding steroid dienone is 1. The Hall–Kier alpha value is -4.29. The van der Waals surface area contributed by atoms with Crippen LogP contribution in [0.2, 0.25) is 5.02 Å². The standard InChI is InChI=1S/C34H31ClFNO4/c1-20-10-11-22(36)16-30(20)40-19-27-24(14-15-29-32(27)21(2)18-34(3,4)37-29)25-13-12-23(17-31(25)39-5)41-33(38)26-8-6-7-9-28(26)35/h6-18,37H,19H2,1-5H3. The minimum absolute atomic E-state index is 0.197. The lowest BCUT2D eigenvalue weighted by molar-refractivity contribution is 0.0734. The Balaban J connectivity index is 1.56. The Kier molecular flexibility index (Phi) is 7.78. The average Bonchev–Trinajstić information content (AvgIpc) is 2.92. The van der Waals surface area contributed by atoms with E-state index in [1.165, 1.54) is 12.1 Å². The summed E-state index contributed by atoms with van der Waals surface area (Å²) in [5, 5.41) is 3.91. The molecule has 1 N–H and O–H groups in total. The second-order valence-electron chi connectivity index (χ2n) is 10.6. The van der Waals surface area contributed by atoms with Gasteiger partial charge < -0.3 is 19.5 Å². The van der Waals surface area contributed by atoms with Crippen molar-refractivity contribution in [2.75, 3.05) is 12.4 Å². The Morgan fingerprint density at radius 3 is 2.46 bits per heavy atom. The molecular formula is C34H31ClFNO4. The molecule has 0 spiro atoms. The summed E-state index contributed by atoms with van der Waals surface area (Å²) in [5.74, 6) is 0.398. The fourth-order valence-electron chi connectivity index (χ4n) is 5.23. The van der Waals surface area contributed by atoms with Crippen LogP contribution in [0.3, 0.4) is 0 Å². The Morgan fingerprint density at radius 2 is 1.71 bits per heavy atom. The summed E-state index contributed by atoms with van der Waals surface area (Å²) in [6.45, 7) is 8.40. The fraction of sp³-hybridized carbons (Fsp3) is 0.206. The van der Waals surface area contributed by atoms with Crippen LogP contribution >= 0.6 is 11.6 Å². The smallest absolute Gasteiger partial charge is 0.345 e. The van der Waals surface area contributed by atoms with E-state index < -0.39 is 5.97 Å². The lowest BCUT2D eigenvalue weighted by Gasteiger charge is -2.33. The molecule has 1 heterocycles. The number of ether oxygens (including phenoxy) is 3. The number of rotatable bonds is 7. The number of hydrogen-bond acceptors (Lipinski definition) is 5. The average molecular weight is 572 g/mol. The number of carbonyl (C=O) groups excluding carboxylic acids is 1. The first-order valence-corrected chi connectivity index (χ1v) is 13.6. The summed E-state index contributed by atoms with van der Waals surface area (Å²) in [5.41, 5.74) is 6.59. The fourth-order valence-corrected chi connectivity index (χ4v) is 5.44. The van der Waals surface area contributed by atoms with E-state index in [-0.39, 0.29) is 23.5 Å². The second-order valence-corrected chi connectivity index (χ2v) is 11.0. The van der Waals surface area contributed by atoms with E-state index in [1.54, 1.807) is 49.6 Å².